The fraction of sp³-hybridized carbons (Fsp3) is 0.286. The van der Waals surface area contributed by atoms with Crippen LogP contribution in [-0.2, 0) is 14.6 Å². The number of rotatable bonds is 5. The van der Waals surface area contributed by atoms with Gasteiger partial charge in [-0.25, -0.2) is 12.8 Å². The summed E-state index contributed by atoms with van der Waals surface area (Å²) in [7, 11) is -1.76. The number of aliphatic imine (C=N–C) groups is 1. The number of methoxy groups -OCH3 is 1. The summed E-state index contributed by atoms with van der Waals surface area (Å²) in [5.41, 5.74) is 1.75. The minimum Gasteiger partial charge on any atom is -0.494 e. The summed E-state index contributed by atoms with van der Waals surface area (Å²) in [6.07, 6.45) is 2.96. The molecule has 144 valence electrons. The van der Waals surface area contributed by atoms with Crippen molar-refractivity contribution in [2.75, 3.05) is 13.4 Å². The number of hydrogen-bond acceptors (Lipinski definition) is 4. The number of sulfone groups is 1. The van der Waals surface area contributed by atoms with Crippen molar-refractivity contribution in [3.8, 4) is 0 Å². The van der Waals surface area contributed by atoms with Crippen molar-refractivity contribution < 1.29 is 17.5 Å². The van der Waals surface area contributed by atoms with Crippen molar-refractivity contribution in [3.63, 3.8) is 0 Å². The lowest BCUT2D eigenvalue weighted by Gasteiger charge is -2.15. The van der Waals surface area contributed by atoms with Crippen LogP contribution in [0, 0.1) is 11.2 Å². The first-order valence-electron chi connectivity index (χ1n) is 8.41. The molecule has 0 unspecified atom stereocenters. The molecular formula is C21H24FNO3S. The van der Waals surface area contributed by atoms with Crippen LogP contribution in [0.1, 0.15) is 31.9 Å². The Morgan fingerprint density at radius 1 is 1.00 bits per heavy atom. The van der Waals surface area contributed by atoms with Gasteiger partial charge in [0.1, 0.15) is 11.5 Å². The van der Waals surface area contributed by atoms with E-state index in [1.54, 1.807) is 30.5 Å². The first-order valence-corrected chi connectivity index (χ1v) is 10.3. The molecule has 0 radical (unpaired) electrons. The molecule has 27 heavy (non-hydrogen) atoms. The van der Waals surface area contributed by atoms with Gasteiger partial charge in [0.05, 0.1) is 12.0 Å². The smallest absolute Gasteiger partial charge is 0.175 e. The van der Waals surface area contributed by atoms with Gasteiger partial charge in [0.15, 0.2) is 15.6 Å². The van der Waals surface area contributed by atoms with Gasteiger partial charge in [0, 0.05) is 23.6 Å². The minimum atomic E-state index is -3.29. The molecule has 0 aliphatic heterocycles. The Labute approximate surface area is 160 Å². The highest BCUT2D eigenvalue weighted by Gasteiger charge is 2.15. The van der Waals surface area contributed by atoms with Crippen molar-refractivity contribution in [2.45, 2.75) is 25.7 Å². The van der Waals surface area contributed by atoms with Gasteiger partial charge >= 0.3 is 0 Å². The summed E-state index contributed by atoms with van der Waals surface area (Å²) in [4.78, 5) is 4.83. The van der Waals surface area contributed by atoms with Crippen molar-refractivity contribution >= 4 is 27.5 Å². The molecule has 2 rings (SSSR count). The number of hydrogen-bond donors (Lipinski definition) is 0. The monoisotopic (exact) mass is 389 g/mol. The Morgan fingerprint density at radius 3 is 1.96 bits per heavy atom. The van der Waals surface area contributed by atoms with Gasteiger partial charge < -0.3 is 4.74 Å². The number of benzene rings is 2. The Hall–Kier alpha value is -2.47. The van der Waals surface area contributed by atoms with Crippen molar-refractivity contribution in [3.05, 3.63) is 65.5 Å². The summed E-state index contributed by atoms with van der Waals surface area (Å²) in [6.45, 7) is 6.06. The summed E-state index contributed by atoms with van der Waals surface area (Å²) in [5.74, 6) is 0.136. The Balaban J connectivity index is 2.65. The van der Waals surface area contributed by atoms with Crippen LogP contribution in [0.25, 0.3) is 11.5 Å². The molecule has 2 aromatic rings. The molecule has 0 saturated carbocycles. The van der Waals surface area contributed by atoms with Crippen LogP contribution < -0.4 is 0 Å². The van der Waals surface area contributed by atoms with Gasteiger partial charge in [-0.1, -0.05) is 20.8 Å². The van der Waals surface area contributed by atoms with E-state index in [2.05, 4.69) is 4.99 Å². The second-order valence-corrected chi connectivity index (χ2v) is 9.33. The average molecular weight is 389 g/mol. The van der Waals surface area contributed by atoms with Crippen molar-refractivity contribution in [1.29, 1.82) is 0 Å². The van der Waals surface area contributed by atoms with E-state index in [0.717, 1.165) is 6.26 Å². The Bertz CT molecular complexity index is 952. The zero-order valence-corrected chi connectivity index (χ0v) is 17.0. The summed E-state index contributed by atoms with van der Waals surface area (Å²) in [5, 5.41) is 0. The third-order valence-corrected chi connectivity index (χ3v) is 4.79. The molecule has 0 aromatic heterocycles. The molecule has 6 heteroatoms. The second kappa shape index (κ2) is 8.05. The molecule has 0 aliphatic carbocycles. The number of halogens is 1. The van der Waals surface area contributed by atoms with E-state index in [-0.39, 0.29) is 16.1 Å². The highest BCUT2D eigenvalue weighted by Crippen LogP contribution is 2.29. The average Bonchev–Trinajstić information content (AvgIpc) is 2.58. The maximum absolute atomic E-state index is 13.3. The third-order valence-electron chi connectivity index (χ3n) is 3.66. The van der Waals surface area contributed by atoms with Crippen LogP contribution in [-0.4, -0.2) is 28.0 Å². The van der Waals surface area contributed by atoms with Crippen molar-refractivity contribution in [2.24, 2.45) is 10.4 Å². The fourth-order valence-corrected chi connectivity index (χ4v) is 2.97. The predicted octanol–water partition coefficient (Wildman–Crippen LogP) is 4.82. The zero-order chi connectivity index (χ0) is 20.2. The lowest BCUT2D eigenvalue weighted by atomic mass is 9.99. The van der Waals surface area contributed by atoms with Crippen LogP contribution in [0.4, 0.5) is 4.39 Å². The highest BCUT2D eigenvalue weighted by molar-refractivity contribution is 7.90. The van der Waals surface area contributed by atoms with Crippen molar-refractivity contribution in [1.82, 2.24) is 0 Å². The van der Waals surface area contributed by atoms with E-state index >= 15 is 0 Å². The van der Waals surface area contributed by atoms with E-state index in [4.69, 9.17) is 4.74 Å². The molecule has 0 atom stereocenters. The summed E-state index contributed by atoms with van der Waals surface area (Å²) < 4.78 is 42.3. The molecule has 0 spiro atoms. The topological polar surface area (TPSA) is 55.7 Å². The van der Waals surface area contributed by atoms with Gasteiger partial charge in [0.25, 0.3) is 0 Å². The largest absolute Gasteiger partial charge is 0.494 e. The fourth-order valence-electron chi connectivity index (χ4n) is 2.33. The van der Waals surface area contributed by atoms with Crippen LogP contribution in [0.3, 0.4) is 0 Å². The molecule has 2 aromatic carbocycles. The molecule has 0 amide bonds. The zero-order valence-electron chi connectivity index (χ0n) is 16.2. The molecule has 0 aliphatic rings. The SMILES string of the molecule is CO/C(=C(\N=CC(C)(C)C)c1ccc(F)cc1)c1ccc(S(C)(=O)=O)cc1. The van der Waals surface area contributed by atoms with Crippen LogP contribution >= 0.6 is 0 Å². The standard InChI is InChI=1S/C21H24FNO3S/c1-21(2,3)14-23-19(15-6-10-17(22)11-7-15)20(26-4)16-8-12-18(13-9-16)27(5,24)25/h6-14H,1-5H3/b20-19-,23-14?. The molecule has 0 N–H and O–H groups in total. The Kier molecular flexibility index (Phi) is 6.21. The van der Waals surface area contributed by atoms with Gasteiger partial charge in [-0.3, -0.25) is 4.99 Å². The first-order chi connectivity index (χ1) is 12.5. The van der Waals surface area contributed by atoms with Crippen LogP contribution in [0.2, 0.25) is 0 Å². The van der Waals surface area contributed by atoms with E-state index in [0.29, 0.717) is 22.6 Å². The molecule has 0 fully saturated rings. The number of ether oxygens (including phenoxy) is 1. The maximum Gasteiger partial charge on any atom is 0.175 e. The molecule has 0 bridgehead atoms. The van der Waals surface area contributed by atoms with Crippen LogP contribution in [0.5, 0.6) is 0 Å². The minimum absolute atomic E-state index is 0.162. The third kappa shape index (κ3) is 5.76. The number of nitrogens with zero attached hydrogens (tertiary/aromatic N) is 1. The highest BCUT2D eigenvalue weighted by atomic mass is 32.2. The molecule has 0 saturated heterocycles. The molecule has 0 heterocycles. The molecular weight excluding hydrogens is 365 g/mol. The first kappa shape index (κ1) is 20.8. The lowest BCUT2D eigenvalue weighted by Crippen LogP contribution is -2.06. The molecule has 4 nitrogen and oxygen atoms in total. The van der Waals surface area contributed by atoms with E-state index in [1.165, 1.54) is 31.4 Å². The van der Waals surface area contributed by atoms with E-state index in [9.17, 15) is 12.8 Å². The van der Waals surface area contributed by atoms with Gasteiger partial charge in [-0.2, -0.15) is 0 Å². The van der Waals surface area contributed by atoms with E-state index < -0.39 is 9.84 Å². The summed E-state index contributed by atoms with van der Waals surface area (Å²) >= 11 is 0. The maximum atomic E-state index is 13.3. The predicted molar refractivity (Wildman–Crippen MR) is 108 cm³/mol. The summed E-state index contributed by atoms with van der Waals surface area (Å²) in [6, 6.07) is 12.4. The quantitative estimate of drug-likeness (QED) is 0.419. The lowest BCUT2D eigenvalue weighted by molar-refractivity contribution is 0.371. The van der Waals surface area contributed by atoms with Gasteiger partial charge in [-0.05, 0) is 53.9 Å². The van der Waals surface area contributed by atoms with E-state index in [1.807, 2.05) is 20.8 Å². The second-order valence-electron chi connectivity index (χ2n) is 7.31. The van der Waals surface area contributed by atoms with Crippen LogP contribution in [0.15, 0.2) is 58.4 Å². The van der Waals surface area contributed by atoms with Gasteiger partial charge in [-0.15, -0.1) is 0 Å². The Morgan fingerprint density at radius 2 is 1.52 bits per heavy atom. The van der Waals surface area contributed by atoms with Gasteiger partial charge in [0.2, 0.25) is 0 Å². The normalized spacial score (nSPS) is 13.6.